The van der Waals surface area contributed by atoms with E-state index < -0.39 is 5.97 Å². The van der Waals surface area contributed by atoms with Crippen molar-refractivity contribution in [3.63, 3.8) is 0 Å². The van der Waals surface area contributed by atoms with Gasteiger partial charge in [0.15, 0.2) is 0 Å². The minimum atomic E-state index is -1.01. The van der Waals surface area contributed by atoms with Crippen molar-refractivity contribution in [2.24, 2.45) is 0 Å². The molecule has 2 heterocycles. The van der Waals surface area contributed by atoms with Crippen molar-refractivity contribution >= 4 is 5.97 Å². The highest BCUT2D eigenvalue weighted by Crippen LogP contribution is 2.13. The third-order valence-electron chi connectivity index (χ3n) is 3.17. The highest BCUT2D eigenvalue weighted by molar-refractivity contribution is 5.87. The summed E-state index contributed by atoms with van der Waals surface area (Å²) in [6.07, 6.45) is 3.30. The van der Waals surface area contributed by atoms with Crippen molar-refractivity contribution in [1.82, 2.24) is 20.0 Å². The Morgan fingerprint density at radius 3 is 2.86 bits per heavy atom. The first-order valence-corrected chi connectivity index (χ1v) is 6.53. The Labute approximate surface area is 124 Å². The Kier molecular flexibility index (Phi) is 3.53. The van der Waals surface area contributed by atoms with Crippen molar-refractivity contribution in [1.29, 1.82) is 0 Å². The van der Waals surface area contributed by atoms with Gasteiger partial charge in [0.05, 0.1) is 24.0 Å². The number of aromatic carboxylic acids is 1. The van der Waals surface area contributed by atoms with E-state index in [1.807, 2.05) is 0 Å². The third-order valence-corrected chi connectivity index (χ3v) is 3.17. The number of hydrogen-bond acceptors (Lipinski definition) is 4. The molecule has 2 aromatic heterocycles. The minimum absolute atomic E-state index is 0.177. The second-order valence-corrected chi connectivity index (χ2v) is 4.71. The number of benzene rings is 1. The van der Waals surface area contributed by atoms with Gasteiger partial charge in [0, 0.05) is 17.8 Å². The molecular formula is C15H12N4O3. The van der Waals surface area contributed by atoms with Gasteiger partial charge in [-0.2, -0.15) is 10.2 Å². The molecular weight excluding hydrogens is 284 g/mol. The van der Waals surface area contributed by atoms with Crippen molar-refractivity contribution < 1.29 is 9.90 Å². The van der Waals surface area contributed by atoms with Gasteiger partial charge < -0.3 is 5.11 Å². The van der Waals surface area contributed by atoms with Crippen LogP contribution in [0.25, 0.3) is 11.3 Å². The van der Waals surface area contributed by atoms with Crippen molar-refractivity contribution in [2.45, 2.75) is 6.54 Å². The van der Waals surface area contributed by atoms with E-state index in [4.69, 9.17) is 5.11 Å². The first-order chi connectivity index (χ1) is 10.6. The number of nitrogens with one attached hydrogen (secondary N) is 1. The van der Waals surface area contributed by atoms with E-state index in [9.17, 15) is 9.59 Å². The first kappa shape index (κ1) is 13.7. The van der Waals surface area contributed by atoms with Gasteiger partial charge in [-0.25, -0.2) is 9.48 Å². The van der Waals surface area contributed by atoms with E-state index in [1.165, 1.54) is 22.9 Å². The SMILES string of the molecule is O=C(O)c1cccc(Cn2nc(-c3cn[nH]c3)ccc2=O)c1. The average molecular weight is 296 g/mol. The average Bonchev–Trinajstić information content (AvgIpc) is 3.04. The number of nitrogens with zero attached hydrogens (tertiary/aromatic N) is 3. The van der Waals surface area contributed by atoms with Gasteiger partial charge in [0.2, 0.25) is 0 Å². The molecule has 3 aromatic rings. The molecule has 22 heavy (non-hydrogen) atoms. The molecule has 0 aliphatic heterocycles. The molecule has 0 saturated heterocycles. The predicted octanol–water partition coefficient (Wildman–Crippen LogP) is 1.38. The standard InChI is InChI=1S/C15H12N4O3/c20-14-5-4-13(12-7-16-17-8-12)18-19(14)9-10-2-1-3-11(6-10)15(21)22/h1-8H,9H2,(H,16,17)(H,21,22). The van der Waals surface area contributed by atoms with Crippen LogP contribution in [0.3, 0.4) is 0 Å². The van der Waals surface area contributed by atoms with Gasteiger partial charge in [0.25, 0.3) is 5.56 Å². The second-order valence-electron chi connectivity index (χ2n) is 4.71. The van der Waals surface area contributed by atoms with Crippen LogP contribution < -0.4 is 5.56 Å². The summed E-state index contributed by atoms with van der Waals surface area (Å²) in [4.78, 5) is 22.9. The lowest BCUT2D eigenvalue weighted by Crippen LogP contribution is -2.22. The highest BCUT2D eigenvalue weighted by Gasteiger charge is 2.07. The lowest BCUT2D eigenvalue weighted by Gasteiger charge is -2.07. The fourth-order valence-corrected chi connectivity index (χ4v) is 2.08. The van der Waals surface area contributed by atoms with Crippen LogP contribution >= 0.6 is 0 Å². The van der Waals surface area contributed by atoms with Crippen LogP contribution in [0.2, 0.25) is 0 Å². The largest absolute Gasteiger partial charge is 0.478 e. The maximum atomic E-state index is 11.9. The van der Waals surface area contributed by atoms with Gasteiger partial charge in [-0.05, 0) is 23.8 Å². The maximum absolute atomic E-state index is 11.9. The van der Waals surface area contributed by atoms with Crippen LogP contribution in [0.15, 0.2) is 53.6 Å². The molecule has 0 unspecified atom stereocenters. The third kappa shape index (κ3) is 2.78. The Hall–Kier alpha value is -3.22. The summed E-state index contributed by atoms with van der Waals surface area (Å²) in [5.41, 5.74) is 2.00. The molecule has 7 heteroatoms. The number of aromatic nitrogens is 4. The molecule has 3 rings (SSSR count). The van der Waals surface area contributed by atoms with Crippen molar-refractivity contribution in [3.8, 4) is 11.3 Å². The minimum Gasteiger partial charge on any atom is -0.478 e. The zero-order valence-corrected chi connectivity index (χ0v) is 11.4. The highest BCUT2D eigenvalue weighted by atomic mass is 16.4. The lowest BCUT2D eigenvalue weighted by molar-refractivity contribution is 0.0696. The zero-order valence-electron chi connectivity index (χ0n) is 11.4. The topological polar surface area (TPSA) is 101 Å². The number of aromatic amines is 1. The zero-order chi connectivity index (χ0) is 15.5. The van der Waals surface area contributed by atoms with Crippen LogP contribution in [-0.2, 0) is 6.54 Å². The molecule has 0 spiro atoms. The molecule has 0 amide bonds. The summed E-state index contributed by atoms with van der Waals surface area (Å²) in [5.74, 6) is -1.01. The van der Waals surface area contributed by atoms with E-state index in [0.29, 0.717) is 11.3 Å². The summed E-state index contributed by atoms with van der Waals surface area (Å²) in [6, 6.07) is 9.48. The number of carboxylic acids is 1. The second kappa shape index (κ2) is 5.65. The van der Waals surface area contributed by atoms with Gasteiger partial charge >= 0.3 is 5.97 Å². The number of carboxylic acid groups (broad SMARTS) is 1. The van der Waals surface area contributed by atoms with Gasteiger partial charge in [-0.1, -0.05) is 12.1 Å². The van der Waals surface area contributed by atoms with Gasteiger partial charge in [-0.15, -0.1) is 0 Å². The molecule has 0 radical (unpaired) electrons. The van der Waals surface area contributed by atoms with E-state index >= 15 is 0 Å². The number of H-pyrrole nitrogens is 1. The van der Waals surface area contributed by atoms with E-state index in [1.54, 1.807) is 30.6 Å². The molecule has 0 fully saturated rings. The van der Waals surface area contributed by atoms with Gasteiger partial charge in [0.1, 0.15) is 0 Å². The molecule has 0 bridgehead atoms. The fraction of sp³-hybridized carbons (Fsp3) is 0.0667. The van der Waals surface area contributed by atoms with Crippen LogP contribution in [0.1, 0.15) is 15.9 Å². The molecule has 7 nitrogen and oxygen atoms in total. The summed E-state index contributed by atoms with van der Waals surface area (Å²) < 4.78 is 1.29. The van der Waals surface area contributed by atoms with Crippen LogP contribution in [-0.4, -0.2) is 31.1 Å². The van der Waals surface area contributed by atoms with Crippen molar-refractivity contribution in [2.75, 3.05) is 0 Å². The maximum Gasteiger partial charge on any atom is 0.335 e. The molecule has 2 N–H and O–H groups in total. The Balaban J connectivity index is 1.95. The smallest absolute Gasteiger partial charge is 0.335 e. The van der Waals surface area contributed by atoms with E-state index in [0.717, 1.165) is 5.56 Å². The monoisotopic (exact) mass is 296 g/mol. The van der Waals surface area contributed by atoms with E-state index in [-0.39, 0.29) is 17.7 Å². The molecule has 0 saturated carbocycles. The number of carbonyl (C=O) groups is 1. The predicted molar refractivity (Wildman–Crippen MR) is 78.6 cm³/mol. The molecule has 1 aromatic carbocycles. The molecule has 0 aliphatic rings. The fourth-order valence-electron chi connectivity index (χ4n) is 2.08. The van der Waals surface area contributed by atoms with Gasteiger partial charge in [-0.3, -0.25) is 9.89 Å². The number of rotatable bonds is 4. The first-order valence-electron chi connectivity index (χ1n) is 6.53. The quantitative estimate of drug-likeness (QED) is 0.757. The Morgan fingerprint density at radius 2 is 2.14 bits per heavy atom. The summed E-state index contributed by atoms with van der Waals surface area (Å²) in [7, 11) is 0. The lowest BCUT2D eigenvalue weighted by atomic mass is 10.1. The van der Waals surface area contributed by atoms with E-state index in [2.05, 4.69) is 15.3 Å². The summed E-state index contributed by atoms with van der Waals surface area (Å²) >= 11 is 0. The van der Waals surface area contributed by atoms with Crippen LogP contribution in [0.4, 0.5) is 0 Å². The number of hydrogen-bond donors (Lipinski definition) is 2. The summed E-state index contributed by atoms with van der Waals surface area (Å²) in [5, 5.41) is 19.8. The summed E-state index contributed by atoms with van der Waals surface area (Å²) in [6.45, 7) is 0.200. The molecule has 110 valence electrons. The van der Waals surface area contributed by atoms with Crippen LogP contribution in [0, 0.1) is 0 Å². The Bertz CT molecular complexity index is 868. The molecule has 0 aliphatic carbocycles. The van der Waals surface area contributed by atoms with Crippen LogP contribution in [0.5, 0.6) is 0 Å². The molecule has 0 atom stereocenters. The van der Waals surface area contributed by atoms with Crippen molar-refractivity contribution in [3.05, 3.63) is 70.3 Å². The Morgan fingerprint density at radius 1 is 1.27 bits per heavy atom. The normalized spacial score (nSPS) is 10.5.